The topological polar surface area (TPSA) is 52.3 Å². The second-order valence-electron chi connectivity index (χ2n) is 8.18. The highest BCUT2D eigenvalue weighted by molar-refractivity contribution is 5.91. The number of benzene rings is 4. The molecule has 5 heteroatoms. The zero-order chi connectivity index (χ0) is 21.8. The standard InChI is InChI=1S/C28H18N4O/c1-3-10-19(11-4-1)23-22-16-15-18-9-7-8-14-21(18)25(22)33-28-24(23)27-30-26(31-32(27)17-29-28)20-12-5-2-6-13-20/h1-17,23H. The van der Waals surface area contributed by atoms with Gasteiger partial charge in [-0.05, 0) is 10.9 Å². The summed E-state index contributed by atoms with van der Waals surface area (Å²) in [7, 11) is 0. The first-order valence-electron chi connectivity index (χ1n) is 10.9. The summed E-state index contributed by atoms with van der Waals surface area (Å²) >= 11 is 0. The van der Waals surface area contributed by atoms with Crippen LogP contribution < -0.4 is 4.74 Å². The van der Waals surface area contributed by atoms with E-state index in [4.69, 9.17) is 14.8 Å². The Morgan fingerprint density at radius 3 is 2.36 bits per heavy atom. The van der Waals surface area contributed by atoms with E-state index in [1.807, 2.05) is 48.5 Å². The summed E-state index contributed by atoms with van der Waals surface area (Å²) in [5.74, 6) is 2.03. The van der Waals surface area contributed by atoms with E-state index in [1.54, 1.807) is 10.8 Å². The van der Waals surface area contributed by atoms with Crippen molar-refractivity contribution in [3.63, 3.8) is 0 Å². The Hall–Kier alpha value is -4.51. The summed E-state index contributed by atoms with van der Waals surface area (Å²) < 4.78 is 8.23. The lowest BCUT2D eigenvalue weighted by atomic mass is 9.83. The average molecular weight is 426 g/mol. The van der Waals surface area contributed by atoms with Crippen LogP contribution in [0.4, 0.5) is 0 Å². The zero-order valence-electron chi connectivity index (χ0n) is 17.6. The molecule has 7 rings (SSSR count). The van der Waals surface area contributed by atoms with Crippen molar-refractivity contribution in [3.05, 3.63) is 120 Å². The lowest BCUT2D eigenvalue weighted by Crippen LogP contribution is -2.15. The Morgan fingerprint density at radius 1 is 0.758 bits per heavy atom. The molecule has 0 saturated heterocycles. The van der Waals surface area contributed by atoms with Crippen molar-refractivity contribution in [3.8, 4) is 23.0 Å². The number of fused-ring (bicyclic) bond motifs is 6. The van der Waals surface area contributed by atoms with Crippen LogP contribution in [0.5, 0.6) is 11.6 Å². The highest BCUT2D eigenvalue weighted by Crippen LogP contribution is 2.50. The van der Waals surface area contributed by atoms with Crippen LogP contribution >= 0.6 is 0 Å². The second kappa shape index (κ2) is 7.00. The SMILES string of the molecule is c1ccc(-c2nc3c4c(ncn3n2)Oc2c(ccc3ccccc23)C4c2ccccc2)cc1. The molecule has 1 aliphatic heterocycles. The first-order chi connectivity index (χ1) is 16.4. The van der Waals surface area contributed by atoms with E-state index in [1.165, 1.54) is 0 Å². The van der Waals surface area contributed by atoms with E-state index in [-0.39, 0.29) is 5.92 Å². The third-order valence-corrected chi connectivity index (χ3v) is 6.26. The van der Waals surface area contributed by atoms with Crippen LogP contribution in [0.15, 0.2) is 103 Å². The number of hydrogen-bond donors (Lipinski definition) is 0. The Morgan fingerprint density at radius 2 is 1.52 bits per heavy atom. The minimum Gasteiger partial charge on any atom is -0.438 e. The molecule has 2 aromatic heterocycles. The van der Waals surface area contributed by atoms with Crippen molar-refractivity contribution in [2.75, 3.05) is 0 Å². The van der Waals surface area contributed by atoms with Gasteiger partial charge in [0.25, 0.3) is 0 Å². The van der Waals surface area contributed by atoms with E-state index < -0.39 is 0 Å². The summed E-state index contributed by atoms with van der Waals surface area (Å²) in [5.41, 5.74) is 4.92. The van der Waals surface area contributed by atoms with Gasteiger partial charge < -0.3 is 4.74 Å². The molecule has 33 heavy (non-hydrogen) atoms. The molecule has 0 saturated carbocycles. The van der Waals surface area contributed by atoms with E-state index in [2.05, 4.69) is 53.5 Å². The molecule has 0 bridgehead atoms. The first-order valence-corrected chi connectivity index (χ1v) is 10.9. The highest BCUT2D eigenvalue weighted by atomic mass is 16.5. The van der Waals surface area contributed by atoms with Crippen molar-refractivity contribution < 1.29 is 4.74 Å². The Kier molecular flexibility index (Phi) is 3.84. The van der Waals surface area contributed by atoms with Gasteiger partial charge in [0, 0.05) is 22.4 Å². The first kappa shape index (κ1) is 18.1. The zero-order valence-corrected chi connectivity index (χ0v) is 17.6. The minimum absolute atomic E-state index is 0.0708. The summed E-state index contributed by atoms with van der Waals surface area (Å²) in [4.78, 5) is 9.61. The van der Waals surface area contributed by atoms with Crippen LogP contribution in [0.25, 0.3) is 27.8 Å². The van der Waals surface area contributed by atoms with Crippen LogP contribution in [-0.4, -0.2) is 19.6 Å². The molecular weight excluding hydrogens is 408 g/mol. The number of aromatic nitrogens is 4. The Balaban J connectivity index is 1.53. The van der Waals surface area contributed by atoms with Crippen LogP contribution in [0.2, 0.25) is 0 Å². The van der Waals surface area contributed by atoms with Gasteiger partial charge in [-0.15, -0.1) is 5.10 Å². The fourth-order valence-corrected chi connectivity index (χ4v) is 4.75. The van der Waals surface area contributed by atoms with Gasteiger partial charge in [-0.25, -0.2) is 14.5 Å². The highest BCUT2D eigenvalue weighted by Gasteiger charge is 2.34. The third kappa shape index (κ3) is 2.76. The molecule has 0 N–H and O–H groups in total. The summed E-state index contributed by atoms with van der Waals surface area (Å²) in [6.07, 6.45) is 1.69. The van der Waals surface area contributed by atoms with Gasteiger partial charge in [-0.3, -0.25) is 0 Å². The van der Waals surface area contributed by atoms with Crippen molar-refractivity contribution in [1.29, 1.82) is 0 Å². The molecule has 6 aromatic rings. The van der Waals surface area contributed by atoms with Crippen LogP contribution in [0, 0.1) is 0 Å². The van der Waals surface area contributed by atoms with E-state index >= 15 is 0 Å². The predicted octanol–water partition coefficient (Wildman–Crippen LogP) is 6.23. The van der Waals surface area contributed by atoms with E-state index in [0.29, 0.717) is 11.7 Å². The fraction of sp³-hybridized carbons (Fsp3) is 0.0357. The van der Waals surface area contributed by atoms with Crippen molar-refractivity contribution >= 4 is 16.4 Å². The quantitative estimate of drug-likeness (QED) is 0.329. The normalized spacial score (nSPS) is 14.6. The minimum atomic E-state index is -0.0708. The molecule has 0 fully saturated rings. The summed E-state index contributed by atoms with van der Waals surface area (Å²) in [5, 5.41) is 6.93. The third-order valence-electron chi connectivity index (χ3n) is 6.26. The number of hydrogen-bond acceptors (Lipinski definition) is 4. The number of rotatable bonds is 2. The van der Waals surface area contributed by atoms with Gasteiger partial charge in [0.1, 0.15) is 12.1 Å². The van der Waals surface area contributed by atoms with Crippen molar-refractivity contribution in [2.24, 2.45) is 0 Å². The Labute approximate surface area is 190 Å². The van der Waals surface area contributed by atoms with Gasteiger partial charge in [0.15, 0.2) is 11.5 Å². The molecule has 156 valence electrons. The molecule has 0 radical (unpaired) electrons. The maximum Gasteiger partial charge on any atom is 0.228 e. The maximum atomic E-state index is 6.47. The molecule has 1 unspecified atom stereocenters. The molecule has 0 amide bonds. The second-order valence-corrected chi connectivity index (χ2v) is 8.18. The molecular formula is C28H18N4O. The molecule has 1 atom stereocenters. The monoisotopic (exact) mass is 426 g/mol. The average Bonchev–Trinajstić information content (AvgIpc) is 3.33. The molecule has 5 nitrogen and oxygen atoms in total. The van der Waals surface area contributed by atoms with Gasteiger partial charge in [-0.2, -0.15) is 0 Å². The lowest BCUT2D eigenvalue weighted by Gasteiger charge is -2.28. The molecule has 0 aliphatic carbocycles. The lowest BCUT2D eigenvalue weighted by molar-refractivity contribution is 0.437. The van der Waals surface area contributed by atoms with Gasteiger partial charge in [-0.1, -0.05) is 97.1 Å². The van der Waals surface area contributed by atoms with Crippen molar-refractivity contribution in [2.45, 2.75) is 5.92 Å². The molecule has 3 heterocycles. The fourth-order valence-electron chi connectivity index (χ4n) is 4.75. The summed E-state index contributed by atoms with van der Waals surface area (Å²) in [6, 6.07) is 33.1. The largest absolute Gasteiger partial charge is 0.438 e. The molecule has 1 aliphatic rings. The molecule has 4 aromatic carbocycles. The smallest absolute Gasteiger partial charge is 0.228 e. The van der Waals surface area contributed by atoms with E-state index in [9.17, 15) is 0 Å². The number of nitrogens with zero attached hydrogens (tertiary/aromatic N) is 4. The van der Waals surface area contributed by atoms with Gasteiger partial charge >= 0.3 is 0 Å². The van der Waals surface area contributed by atoms with Gasteiger partial charge in [0.2, 0.25) is 5.88 Å². The summed E-state index contributed by atoms with van der Waals surface area (Å²) in [6.45, 7) is 0. The van der Waals surface area contributed by atoms with E-state index in [0.717, 1.165) is 44.4 Å². The maximum absolute atomic E-state index is 6.47. The van der Waals surface area contributed by atoms with Crippen LogP contribution in [0.1, 0.15) is 22.6 Å². The Bertz CT molecular complexity index is 1640. The van der Waals surface area contributed by atoms with Crippen LogP contribution in [0.3, 0.4) is 0 Å². The molecule has 0 spiro atoms. The van der Waals surface area contributed by atoms with Crippen molar-refractivity contribution in [1.82, 2.24) is 19.6 Å². The van der Waals surface area contributed by atoms with Crippen LogP contribution in [-0.2, 0) is 0 Å². The van der Waals surface area contributed by atoms with Gasteiger partial charge in [0.05, 0.1) is 5.56 Å². The number of ether oxygens (including phenoxy) is 1. The predicted molar refractivity (Wildman–Crippen MR) is 128 cm³/mol.